The molecule has 1 aliphatic rings. The van der Waals surface area contributed by atoms with E-state index in [1.807, 2.05) is 24.3 Å². The number of hydrogen-bond acceptors (Lipinski definition) is 5. The number of nitrogens with one attached hydrogen (secondary N) is 1. The minimum absolute atomic E-state index is 0.0406. The van der Waals surface area contributed by atoms with Crippen LogP contribution in [-0.4, -0.2) is 36.9 Å². The second-order valence-electron chi connectivity index (χ2n) is 8.67. The van der Waals surface area contributed by atoms with Crippen LogP contribution in [0.25, 0.3) is 0 Å². The first kappa shape index (κ1) is 21.5. The molecule has 29 heavy (non-hydrogen) atoms. The van der Waals surface area contributed by atoms with Gasteiger partial charge in [-0.25, -0.2) is 8.42 Å². The van der Waals surface area contributed by atoms with Gasteiger partial charge in [0.25, 0.3) is 0 Å². The van der Waals surface area contributed by atoms with Crippen LogP contribution in [0.2, 0.25) is 0 Å². The Morgan fingerprint density at radius 3 is 2.41 bits per heavy atom. The highest BCUT2D eigenvalue weighted by Crippen LogP contribution is 2.29. The number of carbonyl (C=O) groups is 1. The number of rotatable bonds is 4. The molecule has 1 atom stereocenters. The summed E-state index contributed by atoms with van der Waals surface area (Å²) in [5.74, 6) is -0.290. The van der Waals surface area contributed by atoms with Crippen molar-refractivity contribution >= 4 is 21.6 Å². The third-order valence-corrected chi connectivity index (χ3v) is 7.45. The van der Waals surface area contributed by atoms with Crippen LogP contribution in [0, 0.1) is 19.8 Å². The molecule has 2 heterocycles. The molecule has 8 heteroatoms. The zero-order valence-electron chi connectivity index (χ0n) is 17.7. The van der Waals surface area contributed by atoms with E-state index in [9.17, 15) is 13.2 Å². The van der Waals surface area contributed by atoms with Crippen LogP contribution in [0.15, 0.2) is 33.7 Å². The van der Waals surface area contributed by atoms with Crippen LogP contribution >= 0.6 is 0 Å². The monoisotopic (exact) mass is 419 g/mol. The predicted octanol–water partition coefficient (Wildman–Crippen LogP) is 3.63. The first-order valence-corrected chi connectivity index (χ1v) is 11.3. The second-order valence-corrected chi connectivity index (χ2v) is 10.5. The third-order valence-electron chi connectivity index (χ3n) is 5.34. The maximum absolute atomic E-state index is 13.0. The lowest BCUT2D eigenvalue weighted by molar-refractivity contribution is -0.120. The van der Waals surface area contributed by atoms with Crippen molar-refractivity contribution in [2.24, 2.45) is 5.92 Å². The first-order valence-electron chi connectivity index (χ1n) is 9.84. The summed E-state index contributed by atoms with van der Waals surface area (Å²) < 4.78 is 32.5. The molecule has 1 fully saturated rings. The fourth-order valence-electron chi connectivity index (χ4n) is 3.64. The van der Waals surface area contributed by atoms with Crippen molar-refractivity contribution < 1.29 is 17.7 Å². The predicted molar refractivity (Wildman–Crippen MR) is 111 cm³/mol. The number of benzene rings is 1. The number of amides is 1. The smallest absolute Gasteiger partial charge is 0.248 e. The molecule has 2 aromatic rings. The summed E-state index contributed by atoms with van der Waals surface area (Å²) in [5.41, 5.74) is 2.28. The Hall–Kier alpha value is -2.19. The normalized spacial score (nSPS) is 18.6. The fourth-order valence-corrected chi connectivity index (χ4v) is 5.46. The van der Waals surface area contributed by atoms with Gasteiger partial charge < -0.3 is 9.84 Å². The Bertz CT molecular complexity index is 968. The minimum Gasteiger partial charge on any atom is -0.360 e. The zero-order valence-corrected chi connectivity index (χ0v) is 18.5. The number of piperidine rings is 1. The molecule has 3 rings (SSSR count). The maximum atomic E-state index is 13.0. The lowest BCUT2D eigenvalue weighted by Crippen LogP contribution is -2.43. The minimum atomic E-state index is -3.74. The molecule has 1 aliphatic heterocycles. The van der Waals surface area contributed by atoms with E-state index in [4.69, 9.17) is 4.52 Å². The molecular weight excluding hydrogens is 390 g/mol. The van der Waals surface area contributed by atoms with E-state index < -0.39 is 15.9 Å². The quantitative estimate of drug-likeness (QED) is 0.817. The van der Waals surface area contributed by atoms with E-state index >= 15 is 0 Å². The molecular formula is C21H29N3O4S. The lowest BCUT2D eigenvalue weighted by atomic mass is 9.87. The first-order chi connectivity index (χ1) is 13.5. The molecule has 158 valence electrons. The van der Waals surface area contributed by atoms with Gasteiger partial charge in [-0.05, 0) is 49.8 Å². The maximum Gasteiger partial charge on any atom is 0.248 e. The Labute approximate surface area is 172 Å². The molecule has 0 radical (unpaired) electrons. The van der Waals surface area contributed by atoms with Crippen molar-refractivity contribution in [3.05, 3.63) is 41.3 Å². The van der Waals surface area contributed by atoms with Crippen molar-refractivity contribution in [3.8, 4) is 0 Å². The molecule has 0 spiro atoms. The highest BCUT2D eigenvalue weighted by Gasteiger charge is 2.36. The third kappa shape index (κ3) is 4.53. The van der Waals surface area contributed by atoms with E-state index in [2.05, 4.69) is 31.2 Å². The number of aryl methyl sites for hydroxylation is 2. The molecule has 7 nitrogen and oxygen atoms in total. The summed E-state index contributed by atoms with van der Waals surface area (Å²) in [4.78, 5) is 12.9. The van der Waals surface area contributed by atoms with Gasteiger partial charge in [0, 0.05) is 18.8 Å². The summed E-state index contributed by atoms with van der Waals surface area (Å²) in [5, 5.41) is 6.68. The number of nitrogens with zero attached hydrogens (tertiary/aromatic N) is 2. The molecule has 1 aromatic carbocycles. The van der Waals surface area contributed by atoms with E-state index in [1.54, 1.807) is 13.8 Å². The number of anilines is 1. The zero-order chi connectivity index (χ0) is 21.4. The SMILES string of the molecule is Cc1noc(C)c1S(=O)(=O)N1CCC[C@@H](C(=O)Nc2ccc(C(C)(C)C)cc2)C1. The summed E-state index contributed by atoms with van der Waals surface area (Å²) >= 11 is 0. The van der Waals surface area contributed by atoms with E-state index in [0.29, 0.717) is 30.8 Å². The molecule has 1 amide bonds. The standard InChI is InChI=1S/C21H29N3O4S/c1-14-19(15(2)28-23-14)29(26,27)24-12-6-7-16(13-24)20(25)22-18-10-8-17(9-11-18)21(3,4)5/h8-11,16H,6-7,12-13H2,1-5H3,(H,22,25)/t16-/m1/s1. The van der Waals surface area contributed by atoms with Gasteiger partial charge in [0.2, 0.25) is 15.9 Å². The fraction of sp³-hybridized carbons (Fsp3) is 0.524. The summed E-state index contributed by atoms with van der Waals surface area (Å²) in [6.45, 7) is 10.1. The molecule has 1 N–H and O–H groups in total. The van der Waals surface area contributed by atoms with Crippen LogP contribution in [-0.2, 0) is 20.2 Å². The van der Waals surface area contributed by atoms with Gasteiger partial charge in [0.05, 0.1) is 5.92 Å². The topological polar surface area (TPSA) is 92.5 Å². The molecule has 1 aromatic heterocycles. The van der Waals surface area contributed by atoms with Gasteiger partial charge in [0.15, 0.2) is 5.76 Å². The molecule has 0 saturated carbocycles. The van der Waals surface area contributed by atoms with Crippen molar-refractivity contribution in [3.63, 3.8) is 0 Å². The number of carbonyl (C=O) groups excluding carboxylic acids is 1. The highest BCUT2D eigenvalue weighted by molar-refractivity contribution is 7.89. The van der Waals surface area contributed by atoms with Gasteiger partial charge in [-0.15, -0.1) is 0 Å². The average Bonchev–Trinajstić information content (AvgIpc) is 3.00. The van der Waals surface area contributed by atoms with Crippen molar-refractivity contribution in [2.45, 2.75) is 57.8 Å². The van der Waals surface area contributed by atoms with Crippen LogP contribution in [0.3, 0.4) is 0 Å². The second kappa shape index (κ2) is 7.91. The van der Waals surface area contributed by atoms with Gasteiger partial charge in [-0.2, -0.15) is 4.31 Å². The number of hydrogen-bond donors (Lipinski definition) is 1. The van der Waals surface area contributed by atoms with E-state index in [0.717, 1.165) is 0 Å². The van der Waals surface area contributed by atoms with Gasteiger partial charge in [-0.3, -0.25) is 4.79 Å². The van der Waals surface area contributed by atoms with Crippen molar-refractivity contribution in [1.82, 2.24) is 9.46 Å². The Morgan fingerprint density at radius 1 is 1.21 bits per heavy atom. The summed E-state index contributed by atoms with van der Waals surface area (Å²) in [6, 6.07) is 7.79. The largest absolute Gasteiger partial charge is 0.360 e. The Morgan fingerprint density at radius 2 is 1.86 bits per heavy atom. The van der Waals surface area contributed by atoms with Gasteiger partial charge in [-0.1, -0.05) is 38.1 Å². The summed E-state index contributed by atoms with van der Waals surface area (Å²) in [6.07, 6.45) is 1.28. The van der Waals surface area contributed by atoms with Crippen molar-refractivity contribution in [2.75, 3.05) is 18.4 Å². The van der Waals surface area contributed by atoms with Crippen LogP contribution in [0.4, 0.5) is 5.69 Å². The molecule has 1 saturated heterocycles. The molecule has 0 unspecified atom stereocenters. The van der Waals surface area contributed by atoms with Crippen molar-refractivity contribution in [1.29, 1.82) is 0 Å². The summed E-state index contributed by atoms with van der Waals surface area (Å²) in [7, 11) is -3.74. The van der Waals surface area contributed by atoms with Gasteiger partial charge in [0.1, 0.15) is 10.6 Å². The number of aromatic nitrogens is 1. The molecule has 0 bridgehead atoms. The Balaban J connectivity index is 1.71. The van der Waals surface area contributed by atoms with Gasteiger partial charge >= 0.3 is 0 Å². The highest BCUT2D eigenvalue weighted by atomic mass is 32.2. The van der Waals surface area contributed by atoms with Crippen LogP contribution in [0.1, 0.15) is 50.6 Å². The van der Waals surface area contributed by atoms with E-state index in [-0.39, 0.29) is 28.5 Å². The number of sulfonamides is 1. The van der Waals surface area contributed by atoms with Crippen LogP contribution in [0.5, 0.6) is 0 Å². The van der Waals surface area contributed by atoms with Crippen LogP contribution < -0.4 is 5.32 Å². The average molecular weight is 420 g/mol. The Kier molecular flexibility index (Phi) is 5.87. The van der Waals surface area contributed by atoms with E-state index in [1.165, 1.54) is 9.87 Å². The molecule has 0 aliphatic carbocycles. The lowest BCUT2D eigenvalue weighted by Gasteiger charge is -2.31.